The third-order valence-corrected chi connectivity index (χ3v) is 3.70. The summed E-state index contributed by atoms with van der Waals surface area (Å²) in [5.41, 5.74) is 1.96. The lowest BCUT2D eigenvalue weighted by atomic mass is 10.2. The Bertz CT molecular complexity index is 593. The highest BCUT2D eigenvalue weighted by Crippen LogP contribution is 2.23. The Hall–Kier alpha value is -1.23. The highest BCUT2D eigenvalue weighted by molar-refractivity contribution is 9.10. The van der Waals surface area contributed by atoms with Crippen LogP contribution in [0.4, 0.5) is 8.78 Å². The second kappa shape index (κ2) is 5.82. The van der Waals surface area contributed by atoms with E-state index in [-0.39, 0.29) is 16.6 Å². The Balaban J connectivity index is 2.41. The van der Waals surface area contributed by atoms with Crippen LogP contribution in [0.25, 0.3) is 0 Å². The van der Waals surface area contributed by atoms with Gasteiger partial charge < -0.3 is 0 Å². The van der Waals surface area contributed by atoms with E-state index in [1.165, 1.54) is 12.1 Å². The molecule has 19 heavy (non-hydrogen) atoms. The second-order valence-electron chi connectivity index (χ2n) is 4.31. The van der Waals surface area contributed by atoms with Gasteiger partial charge in [-0.15, -0.1) is 0 Å². The van der Waals surface area contributed by atoms with E-state index in [0.29, 0.717) is 0 Å². The van der Waals surface area contributed by atoms with E-state index in [0.717, 1.165) is 24.2 Å². The predicted molar refractivity (Wildman–Crippen MR) is 74.1 cm³/mol. The van der Waals surface area contributed by atoms with Crippen molar-refractivity contribution in [3.8, 4) is 0 Å². The normalized spacial score (nSPS) is 11.0. The Morgan fingerprint density at radius 1 is 1.21 bits per heavy atom. The molecule has 0 radical (unpaired) electrons. The van der Waals surface area contributed by atoms with Gasteiger partial charge >= 0.3 is 0 Å². The van der Waals surface area contributed by atoms with Crippen molar-refractivity contribution in [3.05, 3.63) is 51.3 Å². The molecule has 2 nitrogen and oxygen atoms in total. The summed E-state index contributed by atoms with van der Waals surface area (Å²) in [7, 11) is 0. The van der Waals surface area contributed by atoms with Crippen LogP contribution in [-0.4, -0.2) is 9.78 Å². The summed E-state index contributed by atoms with van der Waals surface area (Å²) in [4.78, 5) is 0. The maximum Gasteiger partial charge on any atom is 0.145 e. The SMILES string of the molecule is CCc1cc(CC)n(Cc2c(F)ccc(Br)c2F)n1. The number of nitrogens with zero attached hydrogens (tertiary/aromatic N) is 2. The van der Waals surface area contributed by atoms with E-state index < -0.39 is 11.6 Å². The summed E-state index contributed by atoms with van der Waals surface area (Å²) in [6, 6.07) is 4.61. The number of aryl methyl sites for hydroxylation is 2. The maximum atomic E-state index is 13.9. The third kappa shape index (κ3) is 2.86. The zero-order valence-electron chi connectivity index (χ0n) is 10.9. The topological polar surface area (TPSA) is 17.8 Å². The highest BCUT2D eigenvalue weighted by Gasteiger charge is 2.15. The van der Waals surface area contributed by atoms with Crippen LogP contribution in [-0.2, 0) is 19.4 Å². The lowest BCUT2D eigenvalue weighted by molar-refractivity contribution is 0.522. The molecular weight excluding hydrogens is 314 g/mol. The van der Waals surface area contributed by atoms with Gasteiger partial charge in [0.25, 0.3) is 0 Å². The van der Waals surface area contributed by atoms with Crippen molar-refractivity contribution < 1.29 is 8.78 Å². The van der Waals surface area contributed by atoms with Gasteiger partial charge in [0.15, 0.2) is 0 Å². The maximum absolute atomic E-state index is 13.9. The smallest absolute Gasteiger partial charge is 0.145 e. The average molecular weight is 329 g/mol. The fourth-order valence-electron chi connectivity index (χ4n) is 1.97. The fraction of sp³-hybridized carbons (Fsp3) is 0.357. The molecule has 2 rings (SSSR count). The molecule has 0 fully saturated rings. The zero-order chi connectivity index (χ0) is 14.0. The van der Waals surface area contributed by atoms with Gasteiger partial charge in [-0.2, -0.15) is 5.10 Å². The summed E-state index contributed by atoms with van der Waals surface area (Å²) in [5, 5.41) is 4.37. The summed E-state index contributed by atoms with van der Waals surface area (Å²) >= 11 is 3.08. The third-order valence-electron chi connectivity index (χ3n) is 3.09. The first kappa shape index (κ1) is 14.2. The molecule has 0 spiro atoms. The van der Waals surface area contributed by atoms with Crippen molar-refractivity contribution in [1.82, 2.24) is 9.78 Å². The van der Waals surface area contributed by atoms with E-state index in [1.54, 1.807) is 4.68 Å². The molecule has 1 aromatic heterocycles. The van der Waals surface area contributed by atoms with E-state index in [9.17, 15) is 8.78 Å². The van der Waals surface area contributed by atoms with Gasteiger partial charge in [0.1, 0.15) is 11.6 Å². The van der Waals surface area contributed by atoms with E-state index in [4.69, 9.17) is 0 Å². The Kier molecular flexibility index (Phi) is 4.34. The van der Waals surface area contributed by atoms with E-state index in [2.05, 4.69) is 21.0 Å². The molecule has 1 heterocycles. The van der Waals surface area contributed by atoms with Crippen molar-refractivity contribution in [2.24, 2.45) is 0 Å². The molecule has 0 N–H and O–H groups in total. The lowest BCUT2D eigenvalue weighted by Gasteiger charge is -2.09. The van der Waals surface area contributed by atoms with Crippen LogP contribution in [0.15, 0.2) is 22.7 Å². The molecule has 1 aromatic carbocycles. The number of hydrogen-bond donors (Lipinski definition) is 0. The monoisotopic (exact) mass is 328 g/mol. The number of rotatable bonds is 4. The van der Waals surface area contributed by atoms with Crippen LogP contribution >= 0.6 is 15.9 Å². The van der Waals surface area contributed by atoms with Crippen molar-refractivity contribution in [3.63, 3.8) is 0 Å². The first-order valence-electron chi connectivity index (χ1n) is 6.24. The van der Waals surface area contributed by atoms with Crippen LogP contribution in [0.5, 0.6) is 0 Å². The van der Waals surface area contributed by atoms with Gasteiger partial charge in [-0.05, 0) is 47.0 Å². The Morgan fingerprint density at radius 2 is 1.95 bits per heavy atom. The first-order valence-corrected chi connectivity index (χ1v) is 7.04. The molecule has 0 atom stereocenters. The van der Waals surface area contributed by atoms with Gasteiger partial charge in [0.2, 0.25) is 0 Å². The van der Waals surface area contributed by atoms with Gasteiger partial charge in [-0.1, -0.05) is 13.8 Å². The minimum Gasteiger partial charge on any atom is -0.265 e. The molecule has 0 unspecified atom stereocenters. The molecule has 0 saturated carbocycles. The minimum absolute atomic E-state index is 0.0369. The molecule has 0 amide bonds. The molecule has 0 aliphatic rings. The summed E-state index contributed by atoms with van der Waals surface area (Å²) in [6.45, 7) is 4.12. The average Bonchev–Trinajstić information content (AvgIpc) is 2.81. The number of benzene rings is 1. The molecule has 102 valence electrons. The minimum atomic E-state index is -0.560. The number of hydrogen-bond acceptors (Lipinski definition) is 1. The van der Waals surface area contributed by atoms with Gasteiger partial charge in [0, 0.05) is 11.3 Å². The molecule has 2 aromatic rings. The standard InChI is InChI=1S/C14H15BrF2N2/c1-3-9-7-10(4-2)19(18-9)8-11-13(16)6-5-12(15)14(11)17/h5-7H,3-4,8H2,1-2H3. The summed E-state index contributed by atoms with van der Waals surface area (Å²) < 4.78 is 29.6. The molecule has 0 saturated heterocycles. The quantitative estimate of drug-likeness (QED) is 0.773. The number of halogens is 3. The Morgan fingerprint density at radius 3 is 2.58 bits per heavy atom. The van der Waals surface area contributed by atoms with Crippen LogP contribution in [0.1, 0.15) is 30.8 Å². The van der Waals surface area contributed by atoms with E-state index >= 15 is 0 Å². The van der Waals surface area contributed by atoms with Crippen LogP contribution < -0.4 is 0 Å². The van der Waals surface area contributed by atoms with Crippen LogP contribution in [0, 0.1) is 11.6 Å². The van der Waals surface area contributed by atoms with E-state index in [1.807, 2.05) is 19.9 Å². The Labute approximate surface area is 119 Å². The molecule has 0 aliphatic heterocycles. The number of aromatic nitrogens is 2. The lowest BCUT2D eigenvalue weighted by Crippen LogP contribution is -2.09. The van der Waals surface area contributed by atoms with Crippen molar-refractivity contribution in [1.29, 1.82) is 0 Å². The van der Waals surface area contributed by atoms with Gasteiger partial charge in [-0.3, -0.25) is 4.68 Å². The molecule has 0 bridgehead atoms. The molecule has 5 heteroatoms. The summed E-state index contributed by atoms with van der Waals surface area (Å²) in [5.74, 6) is -1.10. The van der Waals surface area contributed by atoms with Crippen molar-refractivity contribution >= 4 is 15.9 Å². The van der Waals surface area contributed by atoms with Crippen molar-refractivity contribution in [2.75, 3.05) is 0 Å². The second-order valence-corrected chi connectivity index (χ2v) is 5.17. The largest absolute Gasteiger partial charge is 0.265 e. The fourth-order valence-corrected chi connectivity index (χ4v) is 2.34. The van der Waals surface area contributed by atoms with Gasteiger partial charge in [0.05, 0.1) is 16.7 Å². The summed E-state index contributed by atoms with van der Waals surface area (Å²) in [6.07, 6.45) is 1.59. The molecule has 0 aliphatic carbocycles. The zero-order valence-corrected chi connectivity index (χ0v) is 12.5. The highest BCUT2D eigenvalue weighted by atomic mass is 79.9. The molecular formula is C14H15BrF2N2. The first-order chi connectivity index (χ1) is 9.06. The van der Waals surface area contributed by atoms with Crippen LogP contribution in [0.3, 0.4) is 0 Å². The van der Waals surface area contributed by atoms with Crippen molar-refractivity contribution in [2.45, 2.75) is 33.2 Å². The van der Waals surface area contributed by atoms with Gasteiger partial charge in [-0.25, -0.2) is 8.78 Å². The van der Waals surface area contributed by atoms with Crippen LogP contribution in [0.2, 0.25) is 0 Å². The predicted octanol–water partition coefficient (Wildman–Crippen LogP) is 4.10.